The fourth-order valence-electron chi connectivity index (χ4n) is 3.77. The highest BCUT2D eigenvalue weighted by Gasteiger charge is 2.22. The van der Waals surface area contributed by atoms with Gasteiger partial charge >= 0.3 is 0 Å². The average molecular weight is 380 g/mol. The van der Waals surface area contributed by atoms with Crippen LogP contribution in [0.1, 0.15) is 53.8 Å². The molecule has 0 saturated heterocycles. The molecule has 3 aromatic rings. The lowest BCUT2D eigenvalue weighted by Crippen LogP contribution is -2.13. The minimum Gasteiger partial charge on any atom is -0.451 e. The van der Waals surface area contributed by atoms with Crippen LogP contribution in [0, 0.1) is 6.92 Å². The topological polar surface area (TPSA) is 42.2 Å². The van der Waals surface area contributed by atoms with Gasteiger partial charge in [-0.25, -0.2) is 0 Å². The molecule has 2 aromatic carbocycles. The van der Waals surface area contributed by atoms with E-state index >= 15 is 0 Å². The maximum absolute atomic E-state index is 13.0. The molecular weight excluding hydrogens is 354 g/mol. The molecule has 1 heterocycles. The van der Waals surface area contributed by atoms with Gasteiger partial charge in [0.15, 0.2) is 5.76 Å². The van der Waals surface area contributed by atoms with Crippen LogP contribution in [0.5, 0.6) is 0 Å². The van der Waals surface area contributed by atoms with Gasteiger partial charge in [0.2, 0.25) is 0 Å². The van der Waals surface area contributed by atoms with Gasteiger partial charge < -0.3 is 9.73 Å². The molecule has 1 fully saturated rings. The molecule has 1 amide bonds. The van der Waals surface area contributed by atoms with Crippen LogP contribution in [-0.2, 0) is 5.75 Å². The number of fused-ring (bicyclic) bond motifs is 1. The van der Waals surface area contributed by atoms with Gasteiger partial charge in [-0.05, 0) is 43.5 Å². The predicted octanol–water partition coefficient (Wildman–Crippen LogP) is 6.56. The summed E-state index contributed by atoms with van der Waals surface area (Å²) in [6, 6.07) is 15.8. The van der Waals surface area contributed by atoms with Crippen LogP contribution < -0.4 is 5.32 Å². The SMILES string of the molecule is Cc1cccc(NC(=O)c2oc3ccccc3c2CSC2CCCCC2)c1. The van der Waals surface area contributed by atoms with Crippen molar-refractivity contribution in [1.82, 2.24) is 0 Å². The molecule has 4 rings (SSSR count). The highest BCUT2D eigenvalue weighted by atomic mass is 32.2. The van der Waals surface area contributed by atoms with E-state index in [0.717, 1.165) is 33.5 Å². The Morgan fingerprint density at radius 1 is 1.11 bits per heavy atom. The molecule has 1 aliphatic rings. The van der Waals surface area contributed by atoms with E-state index < -0.39 is 0 Å². The molecule has 0 bridgehead atoms. The number of anilines is 1. The molecule has 1 aromatic heterocycles. The average Bonchev–Trinajstić information content (AvgIpc) is 3.06. The number of thioether (sulfide) groups is 1. The van der Waals surface area contributed by atoms with E-state index in [9.17, 15) is 4.79 Å². The second kappa shape index (κ2) is 8.22. The van der Waals surface area contributed by atoms with Gasteiger partial charge in [-0.2, -0.15) is 11.8 Å². The van der Waals surface area contributed by atoms with Crippen LogP contribution in [0.3, 0.4) is 0 Å². The zero-order chi connectivity index (χ0) is 18.6. The number of nitrogens with one attached hydrogen (secondary N) is 1. The van der Waals surface area contributed by atoms with Crippen molar-refractivity contribution in [3.8, 4) is 0 Å². The molecular formula is C23H25NO2S. The Labute approximate surface area is 164 Å². The standard InChI is InChI=1S/C23H25NO2S/c1-16-8-7-9-17(14-16)24-23(25)22-20(15-27-18-10-3-2-4-11-18)19-12-5-6-13-21(19)26-22/h5-9,12-14,18H,2-4,10-11,15H2,1H3,(H,24,25). The summed E-state index contributed by atoms with van der Waals surface area (Å²) in [6.07, 6.45) is 6.57. The quantitative estimate of drug-likeness (QED) is 0.546. The fourth-order valence-corrected chi connectivity index (χ4v) is 5.12. The molecule has 0 atom stereocenters. The summed E-state index contributed by atoms with van der Waals surface area (Å²) >= 11 is 1.97. The molecule has 27 heavy (non-hydrogen) atoms. The van der Waals surface area contributed by atoms with Crippen molar-refractivity contribution >= 4 is 34.3 Å². The number of hydrogen-bond acceptors (Lipinski definition) is 3. The lowest BCUT2D eigenvalue weighted by molar-refractivity contribution is 0.0998. The third-order valence-electron chi connectivity index (χ3n) is 5.20. The third-order valence-corrected chi connectivity index (χ3v) is 6.59. The molecule has 0 unspecified atom stereocenters. The van der Waals surface area contributed by atoms with Crippen molar-refractivity contribution in [2.45, 2.75) is 50.0 Å². The Bertz CT molecular complexity index is 940. The van der Waals surface area contributed by atoms with E-state index in [-0.39, 0.29) is 5.91 Å². The van der Waals surface area contributed by atoms with Gasteiger partial charge in [0.1, 0.15) is 5.58 Å². The molecule has 0 radical (unpaired) electrons. The minimum absolute atomic E-state index is 0.170. The van der Waals surface area contributed by atoms with Crippen molar-refractivity contribution < 1.29 is 9.21 Å². The zero-order valence-electron chi connectivity index (χ0n) is 15.7. The number of furan rings is 1. The van der Waals surface area contributed by atoms with Gasteiger partial charge in [-0.1, -0.05) is 49.6 Å². The zero-order valence-corrected chi connectivity index (χ0v) is 16.5. The molecule has 0 spiro atoms. The maximum atomic E-state index is 13.0. The first-order chi connectivity index (χ1) is 13.2. The van der Waals surface area contributed by atoms with Gasteiger partial charge in [0.05, 0.1) is 0 Å². The largest absolute Gasteiger partial charge is 0.451 e. The van der Waals surface area contributed by atoms with Crippen molar-refractivity contribution in [3.05, 3.63) is 65.4 Å². The van der Waals surface area contributed by atoms with E-state index in [1.165, 1.54) is 32.1 Å². The van der Waals surface area contributed by atoms with Crippen LogP contribution in [0.15, 0.2) is 52.9 Å². The van der Waals surface area contributed by atoms with E-state index in [2.05, 4.69) is 11.4 Å². The Morgan fingerprint density at radius 3 is 2.74 bits per heavy atom. The summed E-state index contributed by atoms with van der Waals surface area (Å²) < 4.78 is 5.98. The summed E-state index contributed by atoms with van der Waals surface area (Å²) in [5.41, 5.74) is 3.72. The second-order valence-corrected chi connectivity index (χ2v) is 8.59. The lowest BCUT2D eigenvalue weighted by Gasteiger charge is -2.20. The number of hydrogen-bond donors (Lipinski definition) is 1. The van der Waals surface area contributed by atoms with Crippen LogP contribution in [0.2, 0.25) is 0 Å². The van der Waals surface area contributed by atoms with Crippen LogP contribution in [0.25, 0.3) is 11.0 Å². The van der Waals surface area contributed by atoms with E-state index in [1.54, 1.807) is 0 Å². The first-order valence-corrected chi connectivity index (χ1v) is 10.8. The maximum Gasteiger partial charge on any atom is 0.291 e. The van der Waals surface area contributed by atoms with Crippen LogP contribution >= 0.6 is 11.8 Å². The highest BCUT2D eigenvalue weighted by Crippen LogP contribution is 2.35. The van der Waals surface area contributed by atoms with E-state index in [1.807, 2.05) is 61.2 Å². The Hall–Kier alpha value is -2.20. The monoisotopic (exact) mass is 379 g/mol. The number of rotatable bonds is 5. The van der Waals surface area contributed by atoms with Gasteiger partial charge in [0, 0.05) is 27.6 Å². The molecule has 1 saturated carbocycles. The van der Waals surface area contributed by atoms with Gasteiger partial charge in [0.25, 0.3) is 5.91 Å². The van der Waals surface area contributed by atoms with E-state index in [4.69, 9.17) is 4.42 Å². The highest BCUT2D eigenvalue weighted by molar-refractivity contribution is 7.99. The van der Waals surface area contributed by atoms with Crippen LogP contribution in [-0.4, -0.2) is 11.2 Å². The van der Waals surface area contributed by atoms with Gasteiger partial charge in [-0.3, -0.25) is 4.79 Å². The number of carbonyl (C=O) groups excluding carboxylic acids is 1. The molecule has 0 aliphatic heterocycles. The molecule has 1 N–H and O–H groups in total. The third kappa shape index (κ3) is 4.22. The van der Waals surface area contributed by atoms with Crippen molar-refractivity contribution in [2.75, 3.05) is 5.32 Å². The van der Waals surface area contributed by atoms with E-state index in [0.29, 0.717) is 11.0 Å². The number of amides is 1. The van der Waals surface area contributed by atoms with Crippen molar-refractivity contribution in [3.63, 3.8) is 0 Å². The second-order valence-electron chi connectivity index (χ2n) is 7.30. The predicted molar refractivity (Wildman–Crippen MR) is 114 cm³/mol. The smallest absolute Gasteiger partial charge is 0.291 e. The first-order valence-electron chi connectivity index (χ1n) is 9.71. The Kier molecular flexibility index (Phi) is 5.53. The number of benzene rings is 2. The molecule has 1 aliphatic carbocycles. The van der Waals surface area contributed by atoms with Gasteiger partial charge in [-0.15, -0.1) is 0 Å². The van der Waals surface area contributed by atoms with Crippen molar-refractivity contribution in [1.29, 1.82) is 0 Å². The summed E-state index contributed by atoms with van der Waals surface area (Å²) in [7, 11) is 0. The Morgan fingerprint density at radius 2 is 1.93 bits per heavy atom. The molecule has 4 heteroatoms. The number of para-hydroxylation sites is 1. The summed E-state index contributed by atoms with van der Waals surface area (Å²) in [5.74, 6) is 1.09. The summed E-state index contributed by atoms with van der Waals surface area (Å²) in [6.45, 7) is 2.02. The Balaban J connectivity index is 1.59. The molecule has 3 nitrogen and oxygen atoms in total. The summed E-state index contributed by atoms with van der Waals surface area (Å²) in [5, 5.41) is 4.74. The normalized spacial score (nSPS) is 15.1. The van der Waals surface area contributed by atoms with Crippen LogP contribution in [0.4, 0.5) is 5.69 Å². The lowest BCUT2D eigenvalue weighted by atomic mass is 10.0. The first kappa shape index (κ1) is 18.2. The fraction of sp³-hybridized carbons (Fsp3) is 0.348. The summed E-state index contributed by atoms with van der Waals surface area (Å²) in [4.78, 5) is 13.0. The molecule has 140 valence electrons. The number of aryl methyl sites for hydroxylation is 1. The van der Waals surface area contributed by atoms with Crippen molar-refractivity contribution in [2.24, 2.45) is 0 Å². The minimum atomic E-state index is -0.170. The number of carbonyl (C=O) groups is 1.